The predicted molar refractivity (Wildman–Crippen MR) is 160 cm³/mol. The molecule has 0 aromatic heterocycles. The molecule has 0 saturated heterocycles. The van der Waals surface area contributed by atoms with E-state index in [-0.39, 0.29) is 17.3 Å². The number of likely N-dealkylation sites (N-methyl/N-ethyl adjacent to an activating group) is 1. The smallest absolute Gasteiger partial charge is 0.264 e. The summed E-state index contributed by atoms with van der Waals surface area (Å²) in [7, 11) is -2.53. The van der Waals surface area contributed by atoms with Crippen LogP contribution in [0.1, 0.15) is 31.4 Å². The van der Waals surface area contributed by atoms with E-state index in [1.165, 1.54) is 16.7 Å². The molecule has 10 heteroatoms. The zero-order valence-electron chi connectivity index (χ0n) is 23.6. The van der Waals surface area contributed by atoms with E-state index >= 15 is 0 Å². The van der Waals surface area contributed by atoms with Gasteiger partial charge in [0.1, 0.15) is 18.3 Å². The molecule has 3 aromatic carbocycles. The summed E-state index contributed by atoms with van der Waals surface area (Å²) in [5.74, 6) is -0.107. The predicted octanol–water partition coefficient (Wildman–Crippen LogP) is 4.86. The highest BCUT2D eigenvalue weighted by Crippen LogP contribution is 2.27. The van der Waals surface area contributed by atoms with Gasteiger partial charge in [-0.3, -0.25) is 13.9 Å². The van der Waals surface area contributed by atoms with Gasteiger partial charge in [-0.1, -0.05) is 36.8 Å². The zero-order chi connectivity index (χ0) is 29.3. The van der Waals surface area contributed by atoms with E-state index in [9.17, 15) is 18.0 Å². The summed E-state index contributed by atoms with van der Waals surface area (Å²) < 4.78 is 34.2. The molecule has 0 bridgehead atoms. The van der Waals surface area contributed by atoms with Crippen molar-refractivity contribution in [1.29, 1.82) is 0 Å². The number of nitrogens with one attached hydrogen (secondary N) is 1. The molecule has 8 nitrogen and oxygen atoms in total. The first kappa shape index (κ1) is 31.0. The van der Waals surface area contributed by atoms with Crippen LogP contribution in [0.3, 0.4) is 0 Å². The minimum absolute atomic E-state index is 0.0798. The Labute approximate surface area is 241 Å². The van der Waals surface area contributed by atoms with Crippen LogP contribution in [0.2, 0.25) is 0 Å². The van der Waals surface area contributed by atoms with Gasteiger partial charge in [0, 0.05) is 18.0 Å². The lowest BCUT2D eigenvalue weighted by molar-refractivity contribution is -0.140. The summed E-state index contributed by atoms with van der Waals surface area (Å²) in [5, 5.41) is 2.81. The standard InChI is InChI=1S/C30H37N3O5S2/c1-6-28(30(35)31-7-2)32(20-23-10-14-25(38-4)15-11-23)29(34)21-33(24-12-8-22(3)9-13-24)40(36,37)27-18-16-26(39-5)17-19-27/h8-19,28H,6-7,20-21H2,1-5H3,(H,31,35)/t28-/m1/s1. The van der Waals surface area contributed by atoms with Gasteiger partial charge >= 0.3 is 0 Å². The highest BCUT2D eigenvalue weighted by molar-refractivity contribution is 7.98. The number of thioether (sulfide) groups is 1. The number of rotatable bonds is 13. The molecule has 0 aliphatic rings. The number of methoxy groups -OCH3 is 1. The van der Waals surface area contributed by atoms with Crippen LogP contribution in [0.25, 0.3) is 0 Å². The fourth-order valence-corrected chi connectivity index (χ4v) is 6.08. The van der Waals surface area contributed by atoms with Crippen molar-refractivity contribution in [3.05, 3.63) is 83.9 Å². The van der Waals surface area contributed by atoms with Crippen molar-refractivity contribution in [2.45, 2.75) is 49.6 Å². The lowest BCUT2D eigenvalue weighted by Gasteiger charge is -2.33. The maximum Gasteiger partial charge on any atom is 0.264 e. The topological polar surface area (TPSA) is 96.0 Å². The van der Waals surface area contributed by atoms with E-state index in [4.69, 9.17) is 4.74 Å². The van der Waals surface area contributed by atoms with Gasteiger partial charge in [-0.2, -0.15) is 0 Å². The SMILES string of the molecule is CCNC(=O)[C@@H](CC)N(Cc1ccc(OC)cc1)C(=O)CN(c1ccc(C)cc1)S(=O)(=O)c1ccc(SC)cc1. The number of nitrogens with zero attached hydrogens (tertiary/aromatic N) is 2. The number of aryl methyl sites for hydroxylation is 1. The molecule has 0 aliphatic heterocycles. The van der Waals surface area contributed by atoms with E-state index < -0.39 is 28.5 Å². The lowest BCUT2D eigenvalue weighted by atomic mass is 10.1. The monoisotopic (exact) mass is 583 g/mol. The first-order valence-corrected chi connectivity index (χ1v) is 15.7. The van der Waals surface area contributed by atoms with Gasteiger partial charge in [-0.25, -0.2) is 8.42 Å². The summed E-state index contributed by atoms with van der Waals surface area (Å²) in [5.41, 5.74) is 2.11. The summed E-state index contributed by atoms with van der Waals surface area (Å²) in [4.78, 5) is 29.5. The van der Waals surface area contributed by atoms with Gasteiger partial charge in [-0.05, 0) is 80.6 Å². The summed E-state index contributed by atoms with van der Waals surface area (Å²) in [6.07, 6.45) is 2.28. The molecule has 0 spiro atoms. The Bertz CT molecular complexity index is 1380. The number of hydrogen-bond donors (Lipinski definition) is 1. The van der Waals surface area contributed by atoms with Gasteiger partial charge in [0.25, 0.3) is 10.0 Å². The summed E-state index contributed by atoms with van der Waals surface area (Å²) in [6.45, 7) is 5.62. The van der Waals surface area contributed by atoms with Gasteiger partial charge in [0.15, 0.2) is 0 Å². The molecule has 40 heavy (non-hydrogen) atoms. The molecule has 2 amide bonds. The fourth-order valence-electron chi connectivity index (χ4n) is 4.25. The molecule has 0 aliphatic carbocycles. The molecule has 0 radical (unpaired) electrons. The van der Waals surface area contributed by atoms with E-state index in [1.807, 2.05) is 39.2 Å². The molecule has 0 fully saturated rings. The maximum atomic E-state index is 14.0. The molecule has 1 N–H and O–H groups in total. The van der Waals surface area contributed by atoms with Crippen molar-refractivity contribution in [3.63, 3.8) is 0 Å². The molecule has 3 rings (SSSR count). The van der Waals surface area contributed by atoms with Crippen LogP contribution in [0, 0.1) is 6.92 Å². The van der Waals surface area contributed by atoms with E-state index in [1.54, 1.807) is 67.8 Å². The quantitative estimate of drug-likeness (QED) is 0.289. The van der Waals surface area contributed by atoms with Gasteiger partial charge in [-0.15, -0.1) is 11.8 Å². The second-order valence-corrected chi connectivity index (χ2v) is 12.0. The molecule has 0 heterocycles. The largest absolute Gasteiger partial charge is 0.497 e. The van der Waals surface area contributed by atoms with Crippen LogP contribution in [-0.4, -0.2) is 57.6 Å². The van der Waals surface area contributed by atoms with Crippen LogP contribution >= 0.6 is 11.8 Å². The van der Waals surface area contributed by atoms with Crippen molar-refractivity contribution in [3.8, 4) is 5.75 Å². The van der Waals surface area contributed by atoms with Gasteiger partial charge in [0.05, 0.1) is 17.7 Å². The Kier molecular flexibility index (Phi) is 11.0. The van der Waals surface area contributed by atoms with Crippen LogP contribution in [0.5, 0.6) is 5.75 Å². The average Bonchev–Trinajstić information content (AvgIpc) is 2.96. The lowest BCUT2D eigenvalue weighted by Crippen LogP contribution is -2.52. The minimum atomic E-state index is -4.11. The van der Waals surface area contributed by atoms with Crippen LogP contribution in [0.4, 0.5) is 5.69 Å². The first-order chi connectivity index (χ1) is 19.1. The zero-order valence-corrected chi connectivity index (χ0v) is 25.2. The molecular weight excluding hydrogens is 546 g/mol. The Hall–Kier alpha value is -3.50. The summed E-state index contributed by atoms with van der Waals surface area (Å²) in [6, 6.07) is 20.0. The fraction of sp³-hybridized carbons (Fsp3) is 0.333. The van der Waals surface area contributed by atoms with Crippen LogP contribution < -0.4 is 14.4 Å². The second kappa shape index (κ2) is 14.2. The first-order valence-electron chi connectivity index (χ1n) is 13.1. The van der Waals surface area contributed by atoms with Crippen LogP contribution in [0.15, 0.2) is 82.6 Å². The third-order valence-corrected chi connectivity index (χ3v) is 9.03. The van der Waals surface area contributed by atoms with Crippen molar-refractivity contribution < 1.29 is 22.7 Å². The summed E-state index contributed by atoms with van der Waals surface area (Å²) >= 11 is 1.51. The third kappa shape index (κ3) is 7.57. The van der Waals surface area contributed by atoms with Crippen molar-refractivity contribution in [1.82, 2.24) is 10.2 Å². The molecule has 0 saturated carbocycles. The van der Waals surface area contributed by atoms with Gasteiger partial charge in [0.2, 0.25) is 11.8 Å². The number of carbonyl (C=O) groups is 2. The Morgan fingerprint density at radius 3 is 2.10 bits per heavy atom. The van der Waals surface area contributed by atoms with E-state index in [0.29, 0.717) is 24.4 Å². The van der Waals surface area contributed by atoms with Crippen molar-refractivity contribution >= 4 is 39.3 Å². The molecule has 3 aromatic rings. The molecule has 1 atom stereocenters. The number of amides is 2. The number of sulfonamides is 1. The Morgan fingerprint density at radius 2 is 1.57 bits per heavy atom. The third-order valence-electron chi connectivity index (χ3n) is 6.50. The average molecular weight is 584 g/mol. The Morgan fingerprint density at radius 1 is 0.950 bits per heavy atom. The highest BCUT2D eigenvalue weighted by Gasteiger charge is 2.33. The Balaban J connectivity index is 2.04. The van der Waals surface area contributed by atoms with E-state index in [0.717, 1.165) is 20.3 Å². The number of benzene rings is 3. The molecule has 214 valence electrons. The molecular formula is C30H37N3O5S2. The maximum absolute atomic E-state index is 14.0. The minimum Gasteiger partial charge on any atom is -0.497 e. The van der Waals surface area contributed by atoms with E-state index in [2.05, 4.69) is 5.32 Å². The number of hydrogen-bond acceptors (Lipinski definition) is 6. The normalized spacial score (nSPS) is 11.9. The second-order valence-electron chi connectivity index (χ2n) is 9.21. The number of carbonyl (C=O) groups excluding carboxylic acids is 2. The van der Waals surface area contributed by atoms with Gasteiger partial charge < -0.3 is 15.0 Å². The highest BCUT2D eigenvalue weighted by atomic mass is 32.2. The molecule has 0 unspecified atom stereocenters. The van der Waals surface area contributed by atoms with Crippen molar-refractivity contribution in [2.24, 2.45) is 0 Å². The number of anilines is 1. The number of ether oxygens (including phenoxy) is 1. The van der Waals surface area contributed by atoms with Crippen molar-refractivity contribution in [2.75, 3.05) is 30.8 Å². The van der Waals surface area contributed by atoms with Crippen LogP contribution in [-0.2, 0) is 26.2 Å².